The van der Waals surface area contributed by atoms with Gasteiger partial charge >= 0.3 is 0 Å². The monoisotopic (exact) mass is 333 g/mol. The molecule has 0 spiro atoms. The second-order valence-electron chi connectivity index (χ2n) is 5.29. The first-order chi connectivity index (χ1) is 10.5. The molecule has 0 saturated heterocycles. The summed E-state index contributed by atoms with van der Waals surface area (Å²) in [6.07, 6.45) is 0. The predicted molar refractivity (Wildman–Crippen MR) is 93.2 cm³/mol. The number of thiophene rings is 1. The fraction of sp³-hybridized carbons (Fsp3) is 0.250. The molecule has 0 aliphatic heterocycles. The second-order valence-corrected chi connectivity index (χ2v) is 6.93. The summed E-state index contributed by atoms with van der Waals surface area (Å²) in [5, 5.41) is 4.70. The second kappa shape index (κ2) is 5.74. The van der Waals surface area contributed by atoms with E-state index in [9.17, 15) is 4.79 Å². The average molecular weight is 334 g/mol. The summed E-state index contributed by atoms with van der Waals surface area (Å²) in [7, 11) is 0. The Hall–Kier alpha value is -1.85. The summed E-state index contributed by atoms with van der Waals surface area (Å²) < 4.78 is 0. The van der Waals surface area contributed by atoms with E-state index in [2.05, 4.69) is 15.3 Å². The van der Waals surface area contributed by atoms with Gasteiger partial charge in [0.25, 0.3) is 5.56 Å². The van der Waals surface area contributed by atoms with Gasteiger partial charge < -0.3 is 10.3 Å². The molecule has 2 heterocycles. The van der Waals surface area contributed by atoms with Crippen LogP contribution < -0.4 is 10.9 Å². The molecule has 1 aromatic carbocycles. The van der Waals surface area contributed by atoms with Crippen LogP contribution in [0.25, 0.3) is 10.2 Å². The third kappa shape index (κ3) is 2.74. The lowest BCUT2D eigenvalue weighted by Gasteiger charge is -2.14. The SMILES string of the molecule is Cc1sc2nc(C(C)Nc3ccc(Cl)cc3)[nH]c(=O)c2c1C. The predicted octanol–water partition coefficient (Wildman–Crippen LogP) is 4.43. The minimum absolute atomic E-state index is 0.0772. The summed E-state index contributed by atoms with van der Waals surface area (Å²) in [6.45, 7) is 5.93. The third-order valence-corrected chi connectivity index (χ3v) is 5.05. The Morgan fingerprint density at radius 1 is 1.27 bits per heavy atom. The lowest BCUT2D eigenvalue weighted by molar-refractivity contribution is 0.792. The van der Waals surface area contributed by atoms with Gasteiger partial charge in [0, 0.05) is 15.6 Å². The van der Waals surface area contributed by atoms with Crippen LogP contribution in [-0.2, 0) is 0 Å². The molecular weight excluding hydrogens is 318 g/mol. The van der Waals surface area contributed by atoms with Gasteiger partial charge in [-0.1, -0.05) is 11.6 Å². The Balaban J connectivity index is 1.95. The maximum atomic E-state index is 12.3. The van der Waals surface area contributed by atoms with Crippen molar-refractivity contribution in [3.63, 3.8) is 0 Å². The van der Waals surface area contributed by atoms with E-state index < -0.39 is 0 Å². The van der Waals surface area contributed by atoms with E-state index in [0.717, 1.165) is 21.0 Å². The topological polar surface area (TPSA) is 57.8 Å². The number of aryl methyl sites for hydroxylation is 2. The Kier molecular flexibility index (Phi) is 3.93. The Morgan fingerprint density at radius 3 is 2.64 bits per heavy atom. The first-order valence-corrected chi connectivity index (χ1v) is 8.17. The van der Waals surface area contributed by atoms with Crippen molar-refractivity contribution in [2.45, 2.75) is 26.8 Å². The van der Waals surface area contributed by atoms with Crippen LogP contribution >= 0.6 is 22.9 Å². The quantitative estimate of drug-likeness (QED) is 0.745. The number of benzene rings is 1. The zero-order valence-corrected chi connectivity index (χ0v) is 14.1. The van der Waals surface area contributed by atoms with Gasteiger partial charge in [0.15, 0.2) is 0 Å². The van der Waals surface area contributed by atoms with Crippen LogP contribution in [0.1, 0.15) is 29.2 Å². The molecule has 1 atom stereocenters. The number of hydrogen-bond acceptors (Lipinski definition) is 4. The molecule has 114 valence electrons. The Labute approximate surface area is 137 Å². The average Bonchev–Trinajstić information content (AvgIpc) is 2.77. The smallest absolute Gasteiger partial charge is 0.259 e. The minimum atomic E-state index is -0.110. The molecule has 1 unspecified atom stereocenters. The Bertz CT molecular complexity index is 883. The van der Waals surface area contributed by atoms with Crippen molar-refractivity contribution in [1.82, 2.24) is 9.97 Å². The zero-order chi connectivity index (χ0) is 15.9. The third-order valence-electron chi connectivity index (χ3n) is 3.69. The molecule has 4 nitrogen and oxygen atoms in total. The van der Waals surface area contributed by atoms with Crippen LogP contribution in [-0.4, -0.2) is 9.97 Å². The molecule has 0 aliphatic rings. The first kappa shape index (κ1) is 15.1. The largest absolute Gasteiger partial charge is 0.375 e. The lowest BCUT2D eigenvalue weighted by Crippen LogP contribution is -2.17. The van der Waals surface area contributed by atoms with Gasteiger partial charge in [0.1, 0.15) is 10.7 Å². The van der Waals surface area contributed by atoms with E-state index in [4.69, 9.17) is 11.6 Å². The normalized spacial score (nSPS) is 12.5. The van der Waals surface area contributed by atoms with Crippen LogP contribution in [0.3, 0.4) is 0 Å². The van der Waals surface area contributed by atoms with Gasteiger partial charge in [-0.3, -0.25) is 4.79 Å². The molecule has 0 radical (unpaired) electrons. The number of halogens is 1. The van der Waals surface area contributed by atoms with E-state index in [1.165, 1.54) is 0 Å². The van der Waals surface area contributed by atoms with E-state index in [0.29, 0.717) is 16.2 Å². The van der Waals surface area contributed by atoms with Crippen molar-refractivity contribution in [2.75, 3.05) is 5.32 Å². The zero-order valence-electron chi connectivity index (χ0n) is 12.5. The van der Waals surface area contributed by atoms with E-state index in [1.54, 1.807) is 11.3 Å². The summed E-state index contributed by atoms with van der Waals surface area (Å²) in [5.41, 5.74) is 1.86. The molecule has 0 amide bonds. The molecule has 22 heavy (non-hydrogen) atoms. The summed E-state index contributed by atoms with van der Waals surface area (Å²) in [4.78, 5) is 21.7. The standard InChI is InChI=1S/C16H16ClN3OS/c1-8-10(3)22-16-13(8)15(21)19-14(20-16)9(2)18-12-6-4-11(17)5-7-12/h4-7,9,18H,1-3H3,(H,19,20,21). The molecule has 2 aromatic heterocycles. The van der Waals surface area contributed by atoms with E-state index >= 15 is 0 Å². The maximum absolute atomic E-state index is 12.3. The van der Waals surface area contributed by atoms with Crippen molar-refractivity contribution in [1.29, 1.82) is 0 Å². The number of aromatic amines is 1. The number of nitrogens with zero attached hydrogens (tertiary/aromatic N) is 1. The Morgan fingerprint density at radius 2 is 1.95 bits per heavy atom. The molecule has 3 rings (SSSR count). The van der Waals surface area contributed by atoms with Crippen LogP contribution in [0.2, 0.25) is 5.02 Å². The van der Waals surface area contributed by atoms with Gasteiger partial charge in [-0.05, 0) is 50.6 Å². The highest BCUT2D eigenvalue weighted by Gasteiger charge is 2.15. The van der Waals surface area contributed by atoms with Gasteiger partial charge in [0.2, 0.25) is 0 Å². The summed E-state index contributed by atoms with van der Waals surface area (Å²) in [6, 6.07) is 7.33. The van der Waals surface area contributed by atoms with Crippen molar-refractivity contribution >= 4 is 38.8 Å². The van der Waals surface area contributed by atoms with Crippen LogP contribution in [0.15, 0.2) is 29.1 Å². The number of fused-ring (bicyclic) bond motifs is 1. The number of aromatic nitrogens is 2. The van der Waals surface area contributed by atoms with Gasteiger partial charge in [-0.15, -0.1) is 11.3 Å². The first-order valence-electron chi connectivity index (χ1n) is 6.97. The van der Waals surface area contributed by atoms with Gasteiger partial charge in [-0.25, -0.2) is 4.98 Å². The van der Waals surface area contributed by atoms with E-state index in [-0.39, 0.29) is 11.6 Å². The molecule has 0 aliphatic carbocycles. The van der Waals surface area contributed by atoms with Crippen molar-refractivity contribution in [2.24, 2.45) is 0 Å². The molecule has 6 heteroatoms. The highest BCUT2D eigenvalue weighted by molar-refractivity contribution is 7.18. The van der Waals surface area contributed by atoms with E-state index in [1.807, 2.05) is 45.0 Å². The van der Waals surface area contributed by atoms with Crippen molar-refractivity contribution in [3.8, 4) is 0 Å². The number of anilines is 1. The summed E-state index contributed by atoms with van der Waals surface area (Å²) in [5.74, 6) is 0.633. The molecular formula is C16H16ClN3OS. The number of rotatable bonds is 3. The van der Waals surface area contributed by atoms with Gasteiger partial charge in [-0.2, -0.15) is 0 Å². The fourth-order valence-corrected chi connectivity index (χ4v) is 3.50. The van der Waals surface area contributed by atoms with Crippen LogP contribution in [0.4, 0.5) is 5.69 Å². The molecule has 0 fully saturated rings. The fourth-order valence-electron chi connectivity index (χ4n) is 2.34. The highest BCUT2D eigenvalue weighted by atomic mass is 35.5. The lowest BCUT2D eigenvalue weighted by atomic mass is 10.2. The minimum Gasteiger partial charge on any atom is -0.375 e. The molecule has 2 N–H and O–H groups in total. The maximum Gasteiger partial charge on any atom is 0.259 e. The number of nitrogens with one attached hydrogen (secondary N) is 2. The van der Waals surface area contributed by atoms with Crippen LogP contribution in [0, 0.1) is 13.8 Å². The number of H-pyrrole nitrogens is 1. The van der Waals surface area contributed by atoms with Crippen molar-refractivity contribution in [3.05, 3.63) is 55.9 Å². The van der Waals surface area contributed by atoms with Crippen LogP contribution in [0.5, 0.6) is 0 Å². The molecule has 3 aromatic rings. The molecule has 0 bridgehead atoms. The molecule has 0 saturated carbocycles. The van der Waals surface area contributed by atoms with Crippen molar-refractivity contribution < 1.29 is 0 Å². The van der Waals surface area contributed by atoms with Gasteiger partial charge in [0.05, 0.1) is 11.4 Å². The summed E-state index contributed by atoms with van der Waals surface area (Å²) >= 11 is 7.44. The highest BCUT2D eigenvalue weighted by Crippen LogP contribution is 2.27. The number of hydrogen-bond donors (Lipinski definition) is 2.